The van der Waals surface area contributed by atoms with E-state index in [-0.39, 0.29) is 17.9 Å². The number of fused-ring (bicyclic) bond motifs is 1. The molecule has 130 valence electrons. The molecule has 1 aliphatic rings. The largest absolute Gasteiger partial charge is 0.372 e. The number of likely N-dealkylation sites (tertiary alicyclic amines) is 1. The van der Waals surface area contributed by atoms with Gasteiger partial charge < -0.3 is 14.2 Å². The number of benzene rings is 1. The molecule has 0 saturated carbocycles. The molecule has 2 atom stereocenters. The van der Waals surface area contributed by atoms with E-state index in [1.165, 1.54) is 5.52 Å². The van der Waals surface area contributed by atoms with Gasteiger partial charge in [0.2, 0.25) is 0 Å². The van der Waals surface area contributed by atoms with E-state index in [0.717, 1.165) is 37.3 Å². The van der Waals surface area contributed by atoms with Crippen LogP contribution in [-0.4, -0.2) is 46.7 Å². The number of ether oxygens (including phenoxy) is 1. The van der Waals surface area contributed by atoms with Gasteiger partial charge >= 0.3 is 0 Å². The van der Waals surface area contributed by atoms with Crippen LogP contribution in [0, 0.1) is 0 Å². The second-order valence-electron chi connectivity index (χ2n) is 6.92. The van der Waals surface area contributed by atoms with E-state index in [4.69, 9.17) is 9.72 Å². The van der Waals surface area contributed by atoms with Gasteiger partial charge in [0.15, 0.2) is 0 Å². The summed E-state index contributed by atoms with van der Waals surface area (Å²) in [7, 11) is 1.59. The molecule has 1 aromatic carbocycles. The molecule has 1 aromatic heterocycles. The molecule has 0 radical (unpaired) electrons. The van der Waals surface area contributed by atoms with Crippen molar-refractivity contribution in [3.63, 3.8) is 0 Å². The number of carbonyl (C=O) groups is 1. The maximum absolute atomic E-state index is 12.5. The number of nitrogens with zero attached hydrogens (tertiary/aromatic N) is 3. The van der Waals surface area contributed by atoms with Crippen LogP contribution >= 0.6 is 0 Å². The third-order valence-corrected chi connectivity index (χ3v) is 4.94. The van der Waals surface area contributed by atoms with Crippen molar-refractivity contribution in [2.75, 3.05) is 20.2 Å². The Bertz CT molecular complexity index is 722. The molecule has 0 N–H and O–H groups in total. The Morgan fingerprint density at radius 3 is 2.75 bits per heavy atom. The number of piperidine rings is 1. The molecule has 5 nitrogen and oxygen atoms in total. The Kier molecular flexibility index (Phi) is 4.90. The highest BCUT2D eigenvalue weighted by Crippen LogP contribution is 2.31. The van der Waals surface area contributed by atoms with Gasteiger partial charge in [0.1, 0.15) is 11.9 Å². The van der Waals surface area contributed by atoms with Crippen LogP contribution in [-0.2, 0) is 9.53 Å². The number of hydrogen-bond donors (Lipinski definition) is 0. The van der Waals surface area contributed by atoms with E-state index >= 15 is 0 Å². The minimum absolute atomic E-state index is 0.0782. The quantitative estimate of drug-likeness (QED) is 0.864. The normalized spacial score (nSPS) is 19.9. The number of imidazole rings is 1. The molecular weight excluding hydrogens is 302 g/mol. The van der Waals surface area contributed by atoms with E-state index in [2.05, 4.69) is 36.6 Å². The van der Waals surface area contributed by atoms with Crippen molar-refractivity contribution in [1.29, 1.82) is 0 Å². The van der Waals surface area contributed by atoms with Crippen LogP contribution in [0.3, 0.4) is 0 Å². The second-order valence-corrected chi connectivity index (χ2v) is 6.92. The lowest BCUT2D eigenvalue weighted by Crippen LogP contribution is -2.44. The summed E-state index contributed by atoms with van der Waals surface area (Å²) < 4.78 is 7.53. The number of para-hydroxylation sites is 2. The summed E-state index contributed by atoms with van der Waals surface area (Å²) >= 11 is 0. The first-order valence-corrected chi connectivity index (χ1v) is 8.81. The van der Waals surface area contributed by atoms with Crippen LogP contribution < -0.4 is 0 Å². The molecule has 2 heterocycles. The predicted molar refractivity (Wildman–Crippen MR) is 95.1 cm³/mol. The molecule has 1 fully saturated rings. The standard InChI is InChI=1S/C19H27N3O2/c1-13(2)22-17-10-6-5-9-16(17)20-18(22)15-8-7-11-21(12-15)19(23)14(3)24-4/h5-6,9-10,13-15H,7-8,11-12H2,1-4H3/t14-,15-/m0/s1. The lowest BCUT2D eigenvalue weighted by molar-refractivity contribution is -0.142. The summed E-state index contributed by atoms with van der Waals surface area (Å²) in [6, 6.07) is 8.63. The number of hydrogen-bond acceptors (Lipinski definition) is 3. The van der Waals surface area contributed by atoms with Crippen LogP contribution in [0.1, 0.15) is 51.4 Å². The Morgan fingerprint density at radius 2 is 2.04 bits per heavy atom. The Labute approximate surface area is 143 Å². The maximum Gasteiger partial charge on any atom is 0.251 e. The van der Waals surface area contributed by atoms with Crippen LogP contribution in [0.5, 0.6) is 0 Å². The lowest BCUT2D eigenvalue weighted by atomic mass is 9.96. The van der Waals surface area contributed by atoms with E-state index in [0.29, 0.717) is 6.04 Å². The van der Waals surface area contributed by atoms with Crippen molar-refractivity contribution in [3.05, 3.63) is 30.1 Å². The van der Waals surface area contributed by atoms with Crippen LogP contribution in [0.2, 0.25) is 0 Å². The third kappa shape index (κ3) is 3.05. The number of aromatic nitrogens is 2. The van der Waals surface area contributed by atoms with E-state index in [1.54, 1.807) is 7.11 Å². The summed E-state index contributed by atoms with van der Waals surface area (Å²) in [5, 5.41) is 0. The van der Waals surface area contributed by atoms with Gasteiger partial charge in [-0.05, 0) is 45.7 Å². The van der Waals surface area contributed by atoms with Gasteiger partial charge in [-0.25, -0.2) is 4.98 Å². The molecule has 1 saturated heterocycles. The van der Waals surface area contributed by atoms with Crippen molar-refractivity contribution < 1.29 is 9.53 Å². The van der Waals surface area contributed by atoms with Crippen molar-refractivity contribution in [2.45, 2.75) is 51.7 Å². The van der Waals surface area contributed by atoms with Crippen LogP contribution in [0.15, 0.2) is 24.3 Å². The molecule has 0 spiro atoms. The lowest BCUT2D eigenvalue weighted by Gasteiger charge is -2.34. The van der Waals surface area contributed by atoms with Crippen molar-refractivity contribution in [1.82, 2.24) is 14.5 Å². The Hall–Kier alpha value is -1.88. The SMILES string of the molecule is CO[C@@H](C)C(=O)N1CCC[C@H](c2nc3ccccc3n2C(C)C)C1. The predicted octanol–water partition coefficient (Wildman–Crippen LogP) is 3.36. The van der Waals surface area contributed by atoms with Gasteiger partial charge in [-0.3, -0.25) is 4.79 Å². The molecule has 0 aliphatic carbocycles. The zero-order chi connectivity index (χ0) is 17.3. The average Bonchev–Trinajstić information content (AvgIpc) is 3.00. The number of amides is 1. The number of carbonyl (C=O) groups excluding carboxylic acids is 1. The molecule has 24 heavy (non-hydrogen) atoms. The van der Waals surface area contributed by atoms with E-state index in [9.17, 15) is 4.79 Å². The van der Waals surface area contributed by atoms with Gasteiger partial charge in [0, 0.05) is 32.2 Å². The summed E-state index contributed by atoms with van der Waals surface area (Å²) in [6.07, 6.45) is 1.70. The maximum atomic E-state index is 12.5. The minimum atomic E-state index is -0.382. The van der Waals surface area contributed by atoms with E-state index in [1.807, 2.05) is 17.9 Å². The molecule has 5 heteroatoms. The highest BCUT2D eigenvalue weighted by atomic mass is 16.5. The van der Waals surface area contributed by atoms with Gasteiger partial charge in [-0.15, -0.1) is 0 Å². The van der Waals surface area contributed by atoms with Crippen LogP contribution in [0.25, 0.3) is 11.0 Å². The minimum Gasteiger partial charge on any atom is -0.372 e. The third-order valence-electron chi connectivity index (χ3n) is 4.94. The van der Waals surface area contributed by atoms with Crippen LogP contribution in [0.4, 0.5) is 0 Å². The Balaban J connectivity index is 1.92. The molecule has 3 rings (SSSR count). The summed E-state index contributed by atoms with van der Waals surface area (Å²) in [5.74, 6) is 1.46. The summed E-state index contributed by atoms with van der Waals surface area (Å²) in [4.78, 5) is 19.3. The zero-order valence-electron chi connectivity index (χ0n) is 15.0. The van der Waals surface area contributed by atoms with Crippen molar-refractivity contribution in [2.24, 2.45) is 0 Å². The first kappa shape index (κ1) is 17.0. The number of methoxy groups -OCH3 is 1. The second kappa shape index (κ2) is 6.93. The highest BCUT2D eigenvalue weighted by molar-refractivity contribution is 5.81. The zero-order valence-corrected chi connectivity index (χ0v) is 15.0. The molecule has 0 bridgehead atoms. The van der Waals surface area contributed by atoms with Gasteiger partial charge in [0.25, 0.3) is 5.91 Å². The topological polar surface area (TPSA) is 47.4 Å². The molecule has 0 unspecified atom stereocenters. The molecule has 1 amide bonds. The highest BCUT2D eigenvalue weighted by Gasteiger charge is 2.30. The van der Waals surface area contributed by atoms with Crippen molar-refractivity contribution in [3.8, 4) is 0 Å². The summed E-state index contributed by atoms with van der Waals surface area (Å²) in [5.41, 5.74) is 2.21. The molecular formula is C19H27N3O2. The monoisotopic (exact) mass is 329 g/mol. The first-order chi connectivity index (χ1) is 11.5. The van der Waals surface area contributed by atoms with Gasteiger partial charge in [0.05, 0.1) is 11.0 Å². The molecule has 1 aliphatic heterocycles. The Morgan fingerprint density at radius 1 is 1.29 bits per heavy atom. The van der Waals surface area contributed by atoms with Gasteiger partial charge in [-0.1, -0.05) is 12.1 Å². The fourth-order valence-corrected chi connectivity index (χ4v) is 3.64. The summed E-state index contributed by atoms with van der Waals surface area (Å²) in [6.45, 7) is 7.73. The smallest absolute Gasteiger partial charge is 0.251 e. The fraction of sp³-hybridized carbons (Fsp3) is 0.579. The van der Waals surface area contributed by atoms with Gasteiger partial charge in [-0.2, -0.15) is 0 Å². The average molecular weight is 329 g/mol. The fourth-order valence-electron chi connectivity index (χ4n) is 3.64. The first-order valence-electron chi connectivity index (χ1n) is 8.81. The van der Waals surface area contributed by atoms with E-state index < -0.39 is 0 Å². The number of rotatable bonds is 4. The molecule has 2 aromatic rings. The van der Waals surface area contributed by atoms with Crippen molar-refractivity contribution >= 4 is 16.9 Å².